The number of thiophene rings is 1. The predicted octanol–water partition coefficient (Wildman–Crippen LogP) is 4.58. The van der Waals surface area contributed by atoms with Crippen molar-refractivity contribution in [2.24, 2.45) is 5.73 Å². The van der Waals surface area contributed by atoms with E-state index < -0.39 is 5.91 Å². The normalized spacial score (nSPS) is 10.4. The maximum absolute atomic E-state index is 11.2. The van der Waals surface area contributed by atoms with Crippen LogP contribution in [0.5, 0.6) is 0 Å². The van der Waals surface area contributed by atoms with Crippen molar-refractivity contribution < 1.29 is 4.79 Å². The molecule has 0 bridgehead atoms. The number of hydrogen-bond donors (Lipinski definition) is 1. The van der Waals surface area contributed by atoms with Crippen molar-refractivity contribution in [1.29, 1.82) is 5.26 Å². The van der Waals surface area contributed by atoms with Gasteiger partial charge >= 0.3 is 0 Å². The molecule has 2 aromatic heterocycles. The zero-order valence-electron chi connectivity index (χ0n) is 12.9. The van der Waals surface area contributed by atoms with Crippen molar-refractivity contribution in [3.8, 4) is 27.8 Å². The highest BCUT2D eigenvalue weighted by Gasteiger charge is 2.16. The van der Waals surface area contributed by atoms with Crippen LogP contribution in [0.1, 0.15) is 5.56 Å². The van der Waals surface area contributed by atoms with Crippen LogP contribution in [-0.2, 0) is 4.79 Å². The number of carbonyl (C=O) groups excluding carboxylic acids is 1. The van der Waals surface area contributed by atoms with Crippen LogP contribution in [0.3, 0.4) is 0 Å². The lowest BCUT2D eigenvalue weighted by Gasteiger charge is -2.11. The van der Waals surface area contributed by atoms with Gasteiger partial charge in [-0.1, -0.05) is 41.6 Å². The first kappa shape index (κ1) is 17.5. The smallest absolute Gasteiger partial charge is 0.227 e. The van der Waals surface area contributed by atoms with Crippen molar-refractivity contribution in [3.05, 3.63) is 58.4 Å². The Hall–Kier alpha value is -2.33. The summed E-state index contributed by atoms with van der Waals surface area (Å²) in [5.74, 6) is -0.388. The summed E-state index contributed by atoms with van der Waals surface area (Å²) in [5, 5.41) is 12.7. The average Bonchev–Trinajstić information content (AvgIpc) is 3.14. The number of nitriles is 1. The monoisotopic (exact) mass is 385 g/mol. The Balaban J connectivity index is 2.18. The number of halogens is 1. The largest absolute Gasteiger partial charge is 0.369 e. The lowest BCUT2D eigenvalue weighted by Crippen LogP contribution is -2.13. The zero-order chi connectivity index (χ0) is 17.8. The van der Waals surface area contributed by atoms with E-state index in [1.807, 2.05) is 35.7 Å². The summed E-state index contributed by atoms with van der Waals surface area (Å²) in [7, 11) is 0. The summed E-state index contributed by atoms with van der Waals surface area (Å²) < 4.78 is 0. The molecule has 0 spiro atoms. The second kappa shape index (κ2) is 7.70. The van der Waals surface area contributed by atoms with Crippen molar-refractivity contribution in [2.75, 3.05) is 5.75 Å². The van der Waals surface area contributed by atoms with Crippen molar-refractivity contribution in [1.82, 2.24) is 4.98 Å². The number of rotatable bonds is 5. The summed E-state index contributed by atoms with van der Waals surface area (Å²) in [6.45, 7) is 0. The molecule has 0 saturated carbocycles. The Morgan fingerprint density at radius 3 is 2.68 bits per heavy atom. The van der Waals surface area contributed by atoms with E-state index in [0.717, 1.165) is 21.7 Å². The first-order valence-electron chi connectivity index (χ1n) is 7.24. The second-order valence-electron chi connectivity index (χ2n) is 5.09. The van der Waals surface area contributed by atoms with Gasteiger partial charge in [-0.3, -0.25) is 4.79 Å². The molecule has 7 heteroatoms. The molecule has 3 rings (SSSR count). The molecular weight excluding hydrogens is 374 g/mol. The lowest BCUT2D eigenvalue weighted by molar-refractivity contribution is -0.115. The van der Waals surface area contributed by atoms with Crippen LogP contribution in [0.2, 0.25) is 5.02 Å². The maximum Gasteiger partial charge on any atom is 0.227 e. The Bertz CT molecular complexity index is 948. The molecule has 0 atom stereocenters. The highest BCUT2D eigenvalue weighted by molar-refractivity contribution is 8.00. The summed E-state index contributed by atoms with van der Waals surface area (Å²) in [5.41, 5.74) is 8.04. The number of carbonyl (C=O) groups is 1. The molecule has 2 heterocycles. The van der Waals surface area contributed by atoms with E-state index in [4.69, 9.17) is 17.3 Å². The third kappa shape index (κ3) is 4.02. The number of nitrogens with two attached hydrogens (primary N) is 1. The molecule has 124 valence electrons. The predicted molar refractivity (Wildman–Crippen MR) is 103 cm³/mol. The highest BCUT2D eigenvalue weighted by atomic mass is 35.5. The Kier molecular flexibility index (Phi) is 5.39. The highest BCUT2D eigenvalue weighted by Crippen LogP contribution is 2.35. The van der Waals surface area contributed by atoms with Crippen LogP contribution in [0.15, 0.2) is 52.9 Å². The van der Waals surface area contributed by atoms with E-state index in [0.29, 0.717) is 15.6 Å². The van der Waals surface area contributed by atoms with Gasteiger partial charge in [-0.25, -0.2) is 4.98 Å². The molecule has 3 aromatic rings. The van der Waals surface area contributed by atoms with Crippen molar-refractivity contribution >= 4 is 40.6 Å². The van der Waals surface area contributed by atoms with Crippen LogP contribution in [-0.4, -0.2) is 16.6 Å². The van der Waals surface area contributed by atoms with Crippen LogP contribution in [0.25, 0.3) is 21.7 Å². The number of amides is 1. The van der Waals surface area contributed by atoms with Gasteiger partial charge in [0, 0.05) is 10.6 Å². The SMILES string of the molecule is N#Cc1c(-c2ccc(Cl)cc2)cc(-c2cccs2)nc1SCC(N)=O. The van der Waals surface area contributed by atoms with Crippen molar-refractivity contribution in [2.45, 2.75) is 5.03 Å². The number of pyridine rings is 1. The number of nitrogens with zero attached hydrogens (tertiary/aromatic N) is 2. The summed E-state index contributed by atoms with van der Waals surface area (Å²) in [6.07, 6.45) is 0. The number of benzene rings is 1. The molecule has 1 amide bonds. The third-order valence-corrected chi connectivity index (χ3v) is 5.52. The van der Waals surface area contributed by atoms with E-state index >= 15 is 0 Å². The fourth-order valence-corrected chi connectivity index (χ4v) is 3.84. The average molecular weight is 386 g/mol. The van der Waals surface area contributed by atoms with E-state index in [2.05, 4.69) is 11.1 Å². The number of aromatic nitrogens is 1. The van der Waals surface area contributed by atoms with E-state index in [9.17, 15) is 10.1 Å². The van der Waals surface area contributed by atoms with Gasteiger partial charge in [0.25, 0.3) is 0 Å². The van der Waals surface area contributed by atoms with Crippen LogP contribution in [0, 0.1) is 11.3 Å². The molecule has 25 heavy (non-hydrogen) atoms. The molecule has 0 unspecified atom stereocenters. The molecule has 4 nitrogen and oxygen atoms in total. The molecule has 2 N–H and O–H groups in total. The zero-order valence-corrected chi connectivity index (χ0v) is 15.3. The van der Waals surface area contributed by atoms with E-state index in [1.54, 1.807) is 23.5 Å². The van der Waals surface area contributed by atoms with Gasteiger partial charge in [-0.15, -0.1) is 11.3 Å². The van der Waals surface area contributed by atoms with Gasteiger partial charge in [0.15, 0.2) is 0 Å². The van der Waals surface area contributed by atoms with Gasteiger partial charge in [0.2, 0.25) is 5.91 Å². The Labute approximate surface area is 158 Å². The maximum atomic E-state index is 11.2. The van der Waals surface area contributed by atoms with Crippen molar-refractivity contribution in [3.63, 3.8) is 0 Å². The topological polar surface area (TPSA) is 79.8 Å². The summed E-state index contributed by atoms with van der Waals surface area (Å²) >= 11 is 8.71. The van der Waals surface area contributed by atoms with Crippen LogP contribution < -0.4 is 5.73 Å². The minimum atomic E-state index is -0.453. The minimum absolute atomic E-state index is 0.0651. The molecular formula is C18H12ClN3OS2. The third-order valence-electron chi connectivity index (χ3n) is 3.38. The summed E-state index contributed by atoms with van der Waals surface area (Å²) in [4.78, 5) is 16.7. The molecule has 0 aliphatic heterocycles. The number of thioether (sulfide) groups is 1. The van der Waals surface area contributed by atoms with Crippen LogP contribution >= 0.6 is 34.7 Å². The minimum Gasteiger partial charge on any atom is -0.369 e. The fraction of sp³-hybridized carbons (Fsp3) is 0.0556. The number of hydrogen-bond acceptors (Lipinski definition) is 5. The molecule has 0 radical (unpaired) electrons. The molecule has 1 aromatic carbocycles. The fourth-order valence-electron chi connectivity index (χ4n) is 2.28. The first-order chi connectivity index (χ1) is 12.1. The second-order valence-corrected chi connectivity index (χ2v) is 7.43. The number of primary amides is 1. The van der Waals surface area contributed by atoms with Gasteiger partial charge in [-0.2, -0.15) is 5.26 Å². The molecule has 0 saturated heterocycles. The quantitative estimate of drug-likeness (QED) is 0.652. The van der Waals surface area contributed by atoms with Gasteiger partial charge in [0.1, 0.15) is 11.1 Å². The Morgan fingerprint density at radius 2 is 2.08 bits per heavy atom. The molecule has 0 aliphatic rings. The lowest BCUT2D eigenvalue weighted by atomic mass is 10.0. The van der Waals surface area contributed by atoms with Gasteiger partial charge in [-0.05, 0) is 35.2 Å². The van der Waals surface area contributed by atoms with E-state index in [1.165, 1.54) is 11.8 Å². The van der Waals surface area contributed by atoms with Gasteiger partial charge in [0.05, 0.1) is 21.9 Å². The van der Waals surface area contributed by atoms with E-state index in [-0.39, 0.29) is 5.75 Å². The standard InChI is InChI=1S/C18H12ClN3OS2/c19-12-5-3-11(4-6-12)13-8-15(16-2-1-7-24-16)22-18(14(13)9-20)25-10-17(21)23/h1-8H,10H2,(H2,21,23). The van der Waals surface area contributed by atoms with Crippen LogP contribution in [0.4, 0.5) is 0 Å². The molecule has 0 aliphatic carbocycles. The summed E-state index contributed by atoms with van der Waals surface area (Å²) in [6, 6.07) is 15.3. The van der Waals surface area contributed by atoms with Gasteiger partial charge < -0.3 is 5.73 Å². The first-order valence-corrected chi connectivity index (χ1v) is 9.49. The molecule has 0 fully saturated rings. The Morgan fingerprint density at radius 1 is 1.32 bits per heavy atom.